The second-order valence-electron chi connectivity index (χ2n) is 5.85. The van der Waals surface area contributed by atoms with Crippen LogP contribution in [0.1, 0.15) is 42.5 Å². The maximum Gasteiger partial charge on any atom is 0.259 e. The first kappa shape index (κ1) is 17.5. The Kier molecular flexibility index (Phi) is 5.44. The Hall–Kier alpha value is -0.900. The van der Waals surface area contributed by atoms with Crippen LogP contribution in [0.15, 0.2) is 19.5 Å². The summed E-state index contributed by atoms with van der Waals surface area (Å²) in [7, 11) is 0. The smallest absolute Gasteiger partial charge is 0.259 e. The number of thioether (sulfide) groups is 2. The largest absolute Gasteiger partial charge is 0.269 e. The molecule has 0 bridgehead atoms. The second-order valence-corrected chi connectivity index (χ2v) is 10.5. The number of fused-ring (bicyclic) bond motifs is 3. The summed E-state index contributed by atoms with van der Waals surface area (Å²) in [6.45, 7) is 2.16. The van der Waals surface area contributed by atoms with Gasteiger partial charge in [0.1, 0.15) is 0 Å². The monoisotopic (exact) mass is 410 g/mol. The molecule has 1 aliphatic rings. The highest BCUT2D eigenvalue weighted by atomic mass is 32.2. The molecule has 0 fully saturated rings. The lowest BCUT2D eigenvalue weighted by molar-refractivity contribution is 0.670. The molecule has 0 unspecified atom stereocenters. The fraction of sp³-hybridized carbons (Fsp3) is 0.500. The van der Waals surface area contributed by atoms with Crippen molar-refractivity contribution in [3.8, 4) is 0 Å². The van der Waals surface area contributed by atoms with Gasteiger partial charge in [-0.25, -0.2) is 4.98 Å². The van der Waals surface area contributed by atoms with Crippen molar-refractivity contribution in [2.24, 2.45) is 0 Å². The summed E-state index contributed by atoms with van der Waals surface area (Å²) >= 11 is 6.65. The van der Waals surface area contributed by atoms with Crippen LogP contribution in [0.5, 0.6) is 0 Å². The van der Waals surface area contributed by atoms with Crippen molar-refractivity contribution in [2.75, 3.05) is 5.75 Å². The number of aromatic nitrogens is 4. The third kappa shape index (κ3) is 3.79. The predicted molar refractivity (Wildman–Crippen MR) is 106 cm³/mol. The van der Waals surface area contributed by atoms with Gasteiger partial charge in [-0.1, -0.05) is 41.8 Å². The average molecular weight is 411 g/mol. The molecule has 0 amide bonds. The van der Waals surface area contributed by atoms with Crippen LogP contribution >= 0.6 is 46.2 Å². The number of hydrogen-bond acceptors (Lipinski definition) is 8. The summed E-state index contributed by atoms with van der Waals surface area (Å²) in [4.78, 5) is 19.5. The zero-order valence-electron chi connectivity index (χ0n) is 13.9. The first-order valence-corrected chi connectivity index (χ1v) is 12.0. The van der Waals surface area contributed by atoms with Crippen LogP contribution in [0.3, 0.4) is 0 Å². The molecule has 9 heteroatoms. The Morgan fingerprint density at radius 1 is 1.16 bits per heavy atom. The van der Waals surface area contributed by atoms with Crippen LogP contribution in [0.2, 0.25) is 0 Å². The average Bonchev–Trinajstić information content (AvgIpc) is 3.22. The Bertz CT molecular complexity index is 945. The molecule has 0 aliphatic heterocycles. The van der Waals surface area contributed by atoms with E-state index in [1.165, 1.54) is 17.0 Å². The van der Waals surface area contributed by atoms with Gasteiger partial charge in [0.05, 0.1) is 5.69 Å². The molecule has 132 valence electrons. The fourth-order valence-electron chi connectivity index (χ4n) is 2.85. The van der Waals surface area contributed by atoms with Crippen LogP contribution in [0, 0.1) is 0 Å². The molecule has 1 aliphatic carbocycles. The van der Waals surface area contributed by atoms with E-state index in [-0.39, 0.29) is 5.56 Å². The highest BCUT2D eigenvalue weighted by Crippen LogP contribution is 2.31. The van der Waals surface area contributed by atoms with E-state index >= 15 is 0 Å². The lowest BCUT2D eigenvalue weighted by Gasteiger charge is -2.09. The Labute approximate surface area is 162 Å². The lowest BCUT2D eigenvalue weighted by Crippen LogP contribution is -2.17. The number of thiazole rings is 1. The van der Waals surface area contributed by atoms with E-state index in [9.17, 15) is 4.79 Å². The van der Waals surface area contributed by atoms with E-state index in [0.717, 1.165) is 50.8 Å². The molecule has 0 saturated heterocycles. The first-order valence-electron chi connectivity index (χ1n) is 8.37. The Morgan fingerprint density at radius 3 is 2.80 bits per heavy atom. The van der Waals surface area contributed by atoms with Gasteiger partial charge in [0.25, 0.3) is 5.56 Å². The van der Waals surface area contributed by atoms with Crippen molar-refractivity contribution >= 4 is 51.2 Å². The van der Waals surface area contributed by atoms with Gasteiger partial charge in [0.15, 0.2) is 13.6 Å². The maximum absolute atomic E-state index is 12.6. The molecule has 0 saturated carbocycles. The number of rotatable bonds is 6. The molecule has 0 spiro atoms. The number of hydrogen-bond donors (Lipinski definition) is 0. The van der Waals surface area contributed by atoms with Crippen LogP contribution in [0.4, 0.5) is 0 Å². The first-order chi connectivity index (χ1) is 12.2. The molecular formula is C16H18N4OS4. The van der Waals surface area contributed by atoms with Crippen LogP contribution in [-0.2, 0) is 18.6 Å². The van der Waals surface area contributed by atoms with E-state index in [0.29, 0.717) is 5.75 Å². The van der Waals surface area contributed by atoms with Gasteiger partial charge >= 0.3 is 0 Å². The minimum absolute atomic E-state index is 0.0523. The van der Waals surface area contributed by atoms with E-state index in [4.69, 9.17) is 4.98 Å². The van der Waals surface area contributed by atoms with Gasteiger partial charge in [0.2, 0.25) is 0 Å². The molecule has 5 nitrogen and oxygen atoms in total. The van der Waals surface area contributed by atoms with E-state index in [1.54, 1.807) is 52.3 Å². The summed E-state index contributed by atoms with van der Waals surface area (Å²) < 4.78 is 3.77. The molecule has 4 rings (SSSR count). The van der Waals surface area contributed by atoms with Crippen molar-refractivity contribution in [1.82, 2.24) is 19.6 Å². The van der Waals surface area contributed by atoms with Crippen LogP contribution in [0.25, 0.3) is 4.96 Å². The molecule has 0 atom stereocenters. The van der Waals surface area contributed by atoms with Gasteiger partial charge in [-0.05, 0) is 32.1 Å². The summed E-state index contributed by atoms with van der Waals surface area (Å²) in [5.41, 5.74) is 2.06. The highest BCUT2D eigenvalue weighted by Gasteiger charge is 2.18. The van der Waals surface area contributed by atoms with Crippen molar-refractivity contribution in [2.45, 2.75) is 53.5 Å². The topological polar surface area (TPSA) is 60.2 Å². The van der Waals surface area contributed by atoms with Crippen LogP contribution in [-0.4, -0.2) is 25.3 Å². The summed E-state index contributed by atoms with van der Waals surface area (Å²) in [6.07, 6.45) is 5.58. The minimum Gasteiger partial charge on any atom is -0.269 e. The van der Waals surface area contributed by atoms with E-state index in [1.807, 2.05) is 4.40 Å². The van der Waals surface area contributed by atoms with Crippen LogP contribution < -0.4 is 5.56 Å². The minimum atomic E-state index is 0.0523. The number of nitrogens with zero attached hydrogens (tertiary/aromatic N) is 4. The van der Waals surface area contributed by atoms with Crippen molar-refractivity contribution in [3.63, 3.8) is 0 Å². The molecular weight excluding hydrogens is 392 g/mol. The van der Waals surface area contributed by atoms with Gasteiger partial charge in [-0.2, -0.15) is 0 Å². The standard InChI is InChI=1S/C16H18N4OS4/c1-2-7-22-15-18-19-16(25-15)23-9-10-8-13(21)20-11-5-3-4-6-12(11)24-14(20)17-10/h8H,2-7,9H2,1H3. The molecule has 0 N–H and O–H groups in total. The maximum atomic E-state index is 12.6. The zero-order chi connectivity index (χ0) is 17.2. The predicted octanol–water partition coefficient (Wildman–Crippen LogP) is 4.28. The summed E-state index contributed by atoms with van der Waals surface area (Å²) in [6, 6.07) is 1.68. The van der Waals surface area contributed by atoms with Crippen molar-refractivity contribution < 1.29 is 0 Å². The van der Waals surface area contributed by atoms with Crippen molar-refractivity contribution in [3.05, 3.63) is 32.7 Å². The third-order valence-electron chi connectivity index (χ3n) is 3.98. The third-order valence-corrected chi connectivity index (χ3v) is 8.55. The molecule has 25 heavy (non-hydrogen) atoms. The number of aryl methyl sites for hydroxylation is 2. The van der Waals surface area contributed by atoms with Gasteiger partial charge in [0, 0.05) is 28.1 Å². The van der Waals surface area contributed by atoms with Gasteiger partial charge < -0.3 is 0 Å². The zero-order valence-corrected chi connectivity index (χ0v) is 17.1. The lowest BCUT2D eigenvalue weighted by atomic mass is 10.0. The second kappa shape index (κ2) is 7.77. The van der Waals surface area contributed by atoms with E-state index < -0.39 is 0 Å². The highest BCUT2D eigenvalue weighted by molar-refractivity contribution is 8.02. The SMILES string of the molecule is CCCSc1nnc(SCc2cc(=O)n3c4c(sc3n2)CCCC4)s1. The molecule has 3 aromatic rings. The Balaban J connectivity index is 1.52. The quantitative estimate of drug-likeness (QED) is 0.565. The molecule has 0 aromatic carbocycles. The molecule has 3 heterocycles. The Morgan fingerprint density at radius 2 is 1.96 bits per heavy atom. The van der Waals surface area contributed by atoms with Crippen molar-refractivity contribution in [1.29, 1.82) is 0 Å². The molecule has 3 aromatic heterocycles. The van der Waals surface area contributed by atoms with E-state index in [2.05, 4.69) is 17.1 Å². The molecule has 0 radical (unpaired) electrons. The summed E-state index contributed by atoms with van der Waals surface area (Å²) in [5.74, 6) is 1.72. The van der Waals surface area contributed by atoms with Gasteiger partial charge in [-0.15, -0.1) is 21.5 Å². The normalized spacial score (nSPS) is 14.1. The fourth-order valence-corrected chi connectivity index (χ4v) is 6.92. The van der Waals surface area contributed by atoms with Gasteiger partial charge in [-0.3, -0.25) is 9.20 Å². The summed E-state index contributed by atoms with van der Waals surface area (Å²) in [5, 5.41) is 8.43.